The zero-order valence-electron chi connectivity index (χ0n) is 15.1. The molecular weight excluding hydrogens is 326 g/mol. The molecule has 0 N–H and O–H groups in total. The monoisotopic (exact) mass is 348 g/mol. The molecule has 0 bridgehead atoms. The molecular formula is C22H22NO3. The van der Waals surface area contributed by atoms with Crippen molar-refractivity contribution in [2.45, 2.75) is 20.3 Å². The fourth-order valence-corrected chi connectivity index (χ4v) is 3.09. The minimum atomic E-state index is -0.790. The summed E-state index contributed by atoms with van der Waals surface area (Å²) in [5, 5.41) is 0. The summed E-state index contributed by atoms with van der Waals surface area (Å²) in [7, 11) is 0. The van der Waals surface area contributed by atoms with Crippen LogP contribution in [0.15, 0.2) is 48.5 Å². The average Bonchev–Trinajstić information content (AvgIpc) is 2.67. The number of esters is 1. The molecule has 0 aliphatic carbocycles. The zero-order chi connectivity index (χ0) is 18.5. The first-order chi connectivity index (χ1) is 12.6. The third-order valence-electron chi connectivity index (χ3n) is 4.60. The lowest BCUT2D eigenvalue weighted by Crippen LogP contribution is -2.33. The normalized spacial score (nSPS) is 16.2. The molecule has 0 fully saturated rings. The van der Waals surface area contributed by atoms with E-state index in [1.807, 2.05) is 36.4 Å². The third-order valence-corrected chi connectivity index (χ3v) is 4.60. The standard InChI is InChI=1S/C22H22NO3/c1-3-23(4-2)18-12-11-17-14-19(22(25)26-21(17)15-18)20(24)13-10-16-8-6-5-7-9-16/h5-8,10-13,15,19H,3-4,14H2,1-2H3. The Balaban J connectivity index is 1.76. The van der Waals surface area contributed by atoms with Crippen molar-refractivity contribution in [1.29, 1.82) is 0 Å². The van der Waals surface area contributed by atoms with Crippen molar-refractivity contribution in [3.8, 4) is 5.75 Å². The lowest BCUT2D eigenvalue weighted by molar-refractivity contribution is -0.143. The van der Waals surface area contributed by atoms with E-state index in [2.05, 4.69) is 24.8 Å². The van der Waals surface area contributed by atoms with E-state index in [0.29, 0.717) is 12.2 Å². The third kappa shape index (κ3) is 3.85. The van der Waals surface area contributed by atoms with Gasteiger partial charge in [-0.15, -0.1) is 0 Å². The quantitative estimate of drug-likeness (QED) is 0.346. The van der Waals surface area contributed by atoms with Crippen LogP contribution in [-0.2, 0) is 16.0 Å². The van der Waals surface area contributed by atoms with Gasteiger partial charge in [0, 0.05) is 24.8 Å². The second kappa shape index (κ2) is 8.00. The number of allylic oxidation sites excluding steroid dienone is 1. The van der Waals surface area contributed by atoms with E-state index in [-0.39, 0.29) is 5.78 Å². The molecule has 0 saturated heterocycles. The van der Waals surface area contributed by atoms with Crippen LogP contribution >= 0.6 is 0 Å². The van der Waals surface area contributed by atoms with Gasteiger partial charge in [-0.3, -0.25) is 9.59 Å². The number of hydrogen-bond acceptors (Lipinski definition) is 4. The molecule has 0 saturated carbocycles. The van der Waals surface area contributed by atoms with E-state index in [0.717, 1.165) is 29.9 Å². The summed E-state index contributed by atoms with van der Waals surface area (Å²) in [5.74, 6) is -0.961. The topological polar surface area (TPSA) is 46.6 Å². The van der Waals surface area contributed by atoms with Crippen molar-refractivity contribution >= 4 is 23.5 Å². The van der Waals surface area contributed by atoms with Crippen molar-refractivity contribution in [3.63, 3.8) is 0 Å². The number of ether oxygens (including phenoxy) is 1. The van der Waals surface area contributed by atoms with E-state index in [9.17, 15) is 9.59 Å². The van der Waals surface area contributed by atoms with Crippen LogP contribution in [0.4, 0.5) is 5.69 Å². The molecule has 1 atom stereocenters. The van der Waals surface area contributed by atoms with E-state index in [4.69, 9.17) is 4.74 Å². The second-order valence-corrected chi connectivity index (χ2v) is 6.20. The highest BCUT2D eigenvalue weighted by Crippen LogP contribution is 2.32. The van der Waals surface area contributed by atoms with Crippen LogP contribution in [0.25, 0.3) is 6.08 Å². The van der Waals surface area contributed by atoms with Crippen LogP contribution in [-0.4, -0.2) is 24.8 Å². The summed E-state index contributed by atoms with van der Waals surface area (Å²) in [4.78, 5) is 27.0. The van der Waals surface area contributed by atoms with Crippen LogP contribution in [0.5, 0.6) is 5.75 Å². The molecule has 3 rings (SSSR count). The lowest BCUT2D eigenvalue weighted by Gasteiger charge is -2.25. The Morgan fingerprint density at radius 2 is 2.08 bits per heavy atom. The molecule has 0 amide bonds. The number of nitrogens with zero attached hydrogens (tertiary/aromatic N) is 1. The summed E-state index contributed by atoms with van der Waals surface area (Å²) in [6, 6.07) is 16.2. The number of rotatable bonds is 6. The molecule has 2 aromatic rings. The predicted octanol–water partition coefficient (Wildman–Crippen LogP) is 3.69. The summed E-state index contributed by atoms with van der Waals surface area (Å²) in [6.45, 7) is 5.93. The zero-order valence-corrected chi connectivity index (χ0v) is 15.1. The van der Waals surface area contributed by atoms with Crippen molar-refractivity contribution in [2.75, 3.05) is 18.0 Å². The van der Waals surface area contributed by atoms with Gasteiger partial charge >= 0.3 is 5.97 Å². The van der Waals surface area contributed by atoms with Crippen molar-refractivity contribution in [1.82, 2.24) is 0 Å². The predicted molar refractivity (Wildman–Crippen MR) is 102 cm³/mol. The molecule has 0 spiro atoms. The first kappa shape index (κ1) is 17.9. The maximum atomic E-state index is 12.4. The maximum Gasteiger partial charge on any atom is 0.322 e. The molecule has 26 heavy (non-hydrogen) atoms. The summed E-state index contributed by atoms with van der Waals surface area (Å²) >= 11 is 0. The summed E-state index contributed by atoms with van der Waals surface area (Å²) in [5.41, 5.74) is 2.71. The van der Waals surface area contributed by atoms with E-state index < -0.39 is 11.9 Å². The number of carbonyl (C=O) groups is 2. The molecule has 1 aliphatic rings. The smallest absolute Gasteiger partial charge is 0.322 e. The number of anilines is 1. The van der Waals surface area contributed by atoms with Crippen molar-refractivity contribution in [2.24, 2.45) is 5.92 Å². The van der Waals surface area contributed by atoms with E-state index in [1.165, 1.54) is 6.08 Å². The average molecular weight is 348 g/mol. The second-order valence-electron chi connectivity index (χ2n) is 6.20. The fourth-order valence-electron chi connectivity index (χ4n) is 3.09. The van der Waals surface area contributed by atoms with Gasteiger partial charge in [-0.2, -0.15) is 0 Å². The Hall–Kier alpha value is -2.88. The molecule has 0 aromatic heterocycles. The first-order valence-corrected chi connectivity index (χ1v) is 8.90. The van der Waals surface area contributed by atoms with Gasteiger partial charge in [-0.25, -0.2) is 0 Å². The van der Waals surface area contributed by atoms with Gasteiger partial charge in [0.2, 0.25) is 0 Å². The Labute approximate surface area is 154 Å². The molecule has 4 nitrogen and oxygen atoms in total. The first-order valence-electron chi connectivity index (χ1n) is 8.90. The van der Waals surface area contributed by atoms with Gasteiger partial charge in [0.05, 0.1) is 0 Å². The minimum absolute atomic E-state index is 0.245. The number of ketones is 1. The molecule has 2 aromatic carbocycles. The number of carbonyl (C=O) groups excluding carboxylic acids is 2. The Morgan fingerprint density at radius 1 is 1.27 bits per heavy atom. The van der Waals surface area contributed by atoms with Crippen molar-refractivity contribution < 1.29 is 14.3 Å². The Morgan fingerprint density at radius 3 is 2.77 bits per heavy atom. The molecule has 1 aliphatic heterocycles. The lowest BCUT2D eigenvalue weighted by atomic mass is 9.91. The highest BCUT2D eigenvalue weighted by atomic mass is 16.5. The van der Waals surface area contributed by atoms with Gasteiger partial charge in [0.1, 0.15) is 11.7 Å². The van der Waals surface area contributed by atoms with Crippen LogP contribution in [0, 0.1) is 12.0 Å². The highest BCUT2D eigenvalue weighted by Gasteiger charge is 2.33. The van der Waals surface area contributed by atoms with E-state index >= 15 is 0 Å². The van der Waals surface area contributed by atoms with E-state index in [1.54, 1.807) is 12.1 Å². The van der Waals surface area contributed by atoms with Gasteiger partial charge < -0.3 is 9.64 Å². The largest absolute Gasteiger partial charge is 0.426 e. The van der Waals surface area contributed by atoms with Gasteiger partial charge in [0.25, 0.3) is 0 Å². The Bertz CT molecular complexity index is 823. The summed E-state index contributed by atoms with van der Waals surface area (Å²) in [6.07, 6.45) is 3.48. The van der Waals surface area contributed by atoms with Crippen LogP contribution in [0.3, 0.4) is 0 Å². The molecule has 4 heteroatoms. The van der Waals surface area contributed by atoms with Gasteiger partial charge in [-0.1, -0.05) is 36.4 Å². The van der Waals surface area contributed by atoms with Crippen LogP contribution in [0.2, 0.25) is 0 Å². The van der Waals surface area contributed by atoms with Crippen LogP contribution < -0.4 is 9.64 Å². The van der Waals surface area contributed by atoms with Gasteiger partial charge in [0.15, 0.2) is 5.78 Å². The minimum Gasteiger partial charge on any atom is -0.426 e. The Kier molecular flexibility index (Phi) is 5.52. The SMILES string of the molecule is CCN(CC)c1ccc2c(c1)OC(=O)C(C(=O)C=Cc1[c]cccc1)C2. The molecule has 133 valence electrons. The molecule has 1 heterocycles. The number of benzene rings is 2. The summed E-state index contributed by atoms with van der Waals surface area (Å²) < 4.78 is 5.47. The number of hydrogen-bond donors (Lipinski definition) is 0. The van der Waals surface area contributed by atoms with Gasteiger partial charge in [-0.05, 0) is 49.6 Å². The number of fused-ring (bicyclic) bond motifs is 1. The fraction of sp³-hybridized carbons (Fsp3) is 0.273. The van der Waals surface area contributed by atoms with Crippen molar-refractivity contribution in [3.05, 3.63) is 65.7 Å². The molecule has 1 unspecified atom stereocenters. The maximum absolute atomic E-state index is 12.4. The molecule has 1 radical (unpaired) electrons. The highest BCUT2D eigenvalue weighted by molar-refractivity contribution is 6.08. The van der Waals surface area contributed by atoms with Crippen LogP contribution in [0.1, 0.15) is 25.0 Å².